The number of rotatable bonds is 10. The van der Waals surface area contributed by atoms with Gasteiger partial charge in [-0.3, -0.25) is 9.59 Å². The summed E-state index contributed by atoms with van der Waals surface area (Å²) in [4.78, 5) is 45.0. The molecule has 0 bridgehead atoms. The molecule has 3 fully saturated rings. The third kappa shape index (κ3) is 9.24. The Hall–Kier alpha value is -5.13. The maximum absolute atomic E-state index is 16.5. The van der Waals surface area contributed by atoms with Gasteiger partial charge in [0.1, 0.15) is 17.8 Å². The Kier molecular flexibility index (Phi) is 13.3. The van der Waals surface area contributed by atoms with E-state index in [1.54, 1.807) is 9.80 Å². The molecule has 2 aromatic rings. The number of alkyl carbamates (subject to hydrolysis) is 1. The summed E-state index contributed by atoms with van der Waals surface area (Å²) in [7, 11) is 1.24. The Labute approximate surface area is 358 Å². The highest BCUT2D eigenvalue weighted by atomic mass is 19.1. The fraction of sp³-hybridized carbons (Fsp3) is 0.553. The minimum absolute atomic E-state index is 0.0322. The van der Waals surface area contributed by atoms with Crippen molar-refractivity contribution in [2.75, 3.05) is 36.5 Å². The van der Waals surface area contributed by atoms with Crippen LogP contribution < -0.4 is 37.6 Å². The average Bonchev–Trinajstić information content (AvgIpc) is 3.90. The number of carbonyl (C=O) groups is 3. The van der Waals surface area contributed by atoms with E-state index in [1.165, 1.54) is 19.2 Å². The molecule has 5 unspecified atom stereocenters. The summed E-state index contributed by atoms with van der Waals surface area (Å²) in [5.41, 5.74) is 22.2. The molecule has 5 aliphatic rings. The van der Waals surface area contributed by atoms with Gasteiger partial charge in [-0.15, -0.1) is 5.92 Å². The summed E-state index contributed by atoms with van der Waals surface area (Å²) in [5.74, 6) is 4.69. The highest BCUT2D eigenvalue weighted by molar-refractivity contribution is 5.92. The average molecular weight is 841 g/mol. The van der Waals surface area contributed by atoms with Crippen LogP contribution >= 0.6 is 0 Å². The lowest BCUT2D eigenvalue weighted by Gasteiger charge is -2.45. The quantitative estimate of drug-likeness (QED) is 0.203. The number of benzene rings is 2. The minimum Gasteiger partial charge on any atom is -0.453 e. The van der Waals surface area contributed by atoms with Gasteiger partial charge in [0.2, 0.25) is 11.8 Å². The number of anilines is 2. The molecule has 3 aliphatic heterocycles. The van der Waals surface area contributed by atoms with Crippen molar-refractivity contribution in [3.05, 3.63) is 77.5 Å². The molecule has 0 aromatic heterocycles. The van der Waals surface area contributed by atoms with Gasteiger partial charge in [-0.2, -0.15) is 0 Å². The molecule has 328 valence electrons. The number of likely N-dealkylation sites (tertiary alicyclic amines) is 1. The lowest BCUT2D eigenvalue weighted by Crippen LogP contribution is -2.59. The first-order chi connectivity index (χ1) is 29.2. The zero-order chi connectivity index (χ0) is 43.6. The van der Waals surface area contributed by atoms with Crippen LogP contribution in [0.4, 0.5) is 25.0 Å². The third-order valence-corrected chi connectivity index (χ3v) is 13.7. The second kappa shape index (κ2) is 18.5. The van der Waals surface area contributed by atoms with Crippen molar-refractivity contribution in [2.45, 2.75) is 121 Å². The number of nitrogens with zero attached hydrogens (tertiary/aromatic N) is 3. The molecule has 3 heterocycles. The van der Waals surface area contributed by atoms with Gasteiger partial charge >= 0.3 is 6.09 Å². The second-order valence-corrected chi connectivity index (χ2v) is 18.1. The van der Waals surface area contributed by atoms with E-state index in [9.17, 15) is 14.4 Å². The van der Waals surface area contributed by atoms with Gasteiger partial charge in [0, 0.05) is 61.6 Å². The van der Waals surface area contributed by atoms with Gasteiger partial charge in [-0.25, -0.2) is 13.6 Å². The van der Waals surface area contributed by atoms with Crippen LogP contribution in [0.3, 0.4) is 0 Å². The predicted molar refractivity (Wildman–Crippen MR) is 234 cm³/mol. The zero-order valence-corrected chi connectivity index (χ0v) is 35.8. The third-order valence-electron chi connectivity index (χ3n) is 13.7. The summed E-state index contributed by atoms with van der Waals surface area (Å²) in [6.07, 6.45) is 8.87. The zero-order valence-electron chi connectivity index (χ0n) is 35.8. The maximum Gasteiger partial charge on any atom is 0.407 e. The lowest BCUT2D eigenvalue weighted by molar-refractivity contribution is -0.141. The SMILES string of the molecule is COC(=O)NC(C(=O)N1CCC[C@H]1C(=O)NC1CC[C@H]([C@H]2CCC([C@]3(C)C#CCC(N)C(N)=C3)N2c2cc(F)c(N3CC=C(c4ccccc4)CC3)c(F)c2)CC1N)C(C)C. The van der Waals surface area contributed by atoms with E-state index in [4.69, 9.17) is 21.9 Å². The van der Waals surface area contributed by atoms with Crippen molar-refractivity contribution in [3.8, 4) is 11.8 Å². The smallest absolute Gasteiger partial charge is 0.407 e. The number of carbonyl (C=O) groups excluding carboxylic acids is 3. The van der Waals surface area contributed by atoms with Gasteiger partial charge in [0.05, 0.1) is 18.6 Å². The molecule has 0 spiro atoms. The molecule has 8 N–H and O–H groups in total. The molecule has 2 saturated heterocycles. The Bertz CT molecular complexity index is 2060. The molecule has 7 rings (SSSR count). The van der Waals surface area contributed by atoms with Crippen LogP contribution in [0.1, 0.15) is 84.1 Å². The van der Waals surface area contributed by atoms with Crippen LogP contribution in [-0.2, 0) is 14.3 Å². The fourth-order valence-electron chi connectivity index (χ4n) is 10.4. The van der Waals surface area contributed by atoms with E-state index >= 15 is 8.78 Å². The Balaban J connectivity index is 1.10. The molecule has 12 nitrogen and oxygen atoms in total. The van der Waals surface area contributed by atoms with Gasteiger partial charge in [-0.1, -0.05) is 56.2 Å². The molecule has 2 aromatic carbocycles. The fourth-order valence-corrected chi connectivity index (χ4v) is 10.4. The van der Waals surface area contributed by atoms with E-state index in [0.29, 0.717) is 76.0 Å². The first-order valence-electron chi connectivity index (χ1n) is 21.9. The van der Waals surface area contributed by atoms with E-state index in [-0.39, 0.29) is 47.5 Å². The van der Waals surface area contributed by atoms with Crippen LogP contribution in [0.5, 0.6) is 0 Å². The molecule has 0 radical (unpaired) electrons. The number of hydrogen-bond acceptors (Lipinski definition) is 9. The van der Waals surface area contributed by atoms with Crippen molar-refractivity contribution < 1.29 is 27.9 Å². The van der Waals surface area contributed by atoms with E-state index < -0.39 is 47.3 Å². The first kappa shape index (κ1) is 43.9. The Morgan fingerprint density at radius 3 is 2.39 bits per heavy atom. The van der Waals surface area contributed by atoms with Crippen LogP contribution in [0, 0.1) is 40.7 Å². The highest BCUT2D eigenvalue weighted by Crippen LogP contribution is 2.47. The molecular weight excluding hydrogens is 779 g/mol. The molecule has 1 saturated carbocycles. The molecule has 61 heavy (non-hydrogen) atoms. The Morgan fingerprint density at radius 1 is 1.00 bits per heavy atom. The summed E-state index contributed by atoms with van der Waals surface area (Å²) < 4.78 is 37.7. The largest absolute Gasteiger partial charge is 0.453 e. The lowest BCUT2D eigenvalue weighted by atomic mass is 9.78. The molecular formula is C47H62F2N8O4. The minimum atomic E-state index is -0.833. The highest BCUT2D eigenvalue weighted by Gasteiger charge is 2.48. The number of halogens is 2. The van der Waals surface area contributed by atoms with E-state index in [0.717, 1.165) is 24.0 Å². The number of nitrogens with one attached hydrogen (secondary N) is 2. The van der Waals surface area contributed by atoms with Crippen LogP contribution in [0.15, 0.2) is 60.3 Å². The van der Waals surface area contributed by atoms with Gasteiger partial charge in [0.15, 0.2) is 11.6 Å². The van der Waals surface area contributed by atoms with Crippen LogP contribution in [0.25, 0.3) is 5.57 Å². The first-order valence-corrected chi connectivity index (χ1v) is 21.9. The second-order valence-electron chi connectivity index (χ2n) is 18.1. The summed E-state index contributed by atoms with van der Waals surface area (Å²) >= 11 is 0. The number of amides is 3. The van der Waals surface area contributed by atoms with Gasteiger partial charge in [-0.05, 0) is 99.5 Å². The summed E-state index contributed by atoms with van der Waals surface area (Å²) in [6.45, 7) is 6.97. The van der Waals surface area contributed by atoms with E-state index in [2.05, 4.69) is 39.5 Å². The maximum atomic E-state index is 16.5. The number of hydrogen-bond donors (Lipinski definition) is 5. The van der Waals surface area contributed by atoms with Crippen LogP contribution in [-0.4, -0.2) is 91.8 Å². The molecule has 9 atom stereocenters. The summed E-state index contributed by atoms with van der Waals surface area (Å²) in [5, 5.41) is 5.80. The van der Waals surface area contributed by atoms with Crippen molar-refractivity contribution in [3.63, 3.8) is 0 Å². The normalized spacial score (nSPS) is 29.5. The molecule has 14 heteroatoms. The van der Waals surface area contributed by atoms with Gasteiger partial charge in [0.25, 0.3) is 0 Å². The number of nitrogens with two attached hydrogens (primary N) is 3. The topological polar surface area (TPSA) is 172 Å². The standard InChI is InChI=1S/C47H62F2N8O4/c1-28(2)42(54-46(60)61-4)45(59)56-21-9-13-40(56)44(58)53-38-15-14-31(24-36(38)51)39-16-17-41(47(3)20-8-12-35(50)37(52)27-47)57(39)32-25-33(48)43(34(49)26-32)55-22-18-30(19-23-55)29-10-6-5-7-11-29/h5-7,10-11,18,25-28,31,35-36,38-42H,9,12-17,19,21-24,50-52H2,1-4H3,(H,53,58)(H,54,60)/t31-,35?,36?,38?,39+,40-,41?,42?,47+/m0/s1. The number of methoxy groups -OCH3 is 1. The Morgan fingerprint density at radius 2 is 1.74 bits per heavy atom. The predicted octanol–water partition coefficient (Wildman–Crippen LogP) is 5.16. The monoisotopic (exact) mass is 840 g/mol. The van der Waals surface area contributed by atoms with Crippen molar-refractivity contribution in [2.24, 2.45) is 34.5 Å². The molecule has 2 aliphatic carbocycles. The number of ether oxygens (including phenoxy) is 1. The van der Waals surface area contributed by atoms with Gasteiger partial charge < -0.3 is 47.3 Å². The summed E-state index contributed by atoms with van der Waals surface area (Å²) in [6, 6.07) is 9.98. The van der Waals surface area contributed by atoms with Crippen molar-refractivity contribution in [1.82, 2.24) is 15.5 Å². The van der Waals surface area contributed by atoms with Crippen molar-refractivity contribution in [1.29, 1.82) is 0 Å². The van der Waals surface area contributed by atoms with Crippen molar-refractivity contribution >= 4 is 34.9 Å². The molecule has 3 amide bonds. The van der Waals surface area contributed by atoms with E-state index in [1.807, 2.05) is 51.1 Å². The van der Waals surface area contributed by atoms with Crippen LogP contribution in [0.2, 0.25) is 0 Å².